The standard InChI is InChI=1S/C24H18Cl2N2O4/c1-10(29)11-2-5-13(6-3-11)28-23(30)18-15-9-16(19(18)24(28)31)22-20(15)21(27-32-22)14-7-4-12(25)8-17(14)26/h2-8,15-16,18-20,22H,9H2,1H3/t15-,16-,18+,19-,20-,22+/m0/s1. The number of hydrogen-bond donors (Lipinski definition) is 0. The number of rotatable bonds is 3. The lowest BCUT2D eigenvalue weighted by Gasteiger charge is -2.30. The maximum absolute atomic E-state index is 13.5. The SMILES string of the molecule is CC(=O)c1ccc(N2C(=O)[C@@H]3[C@@H]4C[C@H]([C@H]5ON=C(c6ccc(Cl)cc6Cl)[C@H]45)[C@@H]3C2=O)cc1. The highest BCUT2D eigenvalue weighted by atomic mass is 35.5. The third kappa shape index (κ3) is 2.60. The molecule has 2 aromatic carbocycles. The summed E-state index contributed by atoms with van der Waals surface area (Å²) in [5, 5.41) is 5.34. The molecule has 2 aromatic rings. The molecule has 2 aliphatic heterocycles. The Labute approximate surface area is 194 Å². The number of carbonyl (C=O) groups excluding carboxylic acids is 3. The molecule has 32 heavy (non-hydrogen) atoms. The van der Waals surface area contributed by atoms with Crippen molar-refractivity contribution in [1.82, 2.24) is 0 Å². The molecule has 0 N–H and O–H groups in total. The van der Waals surface area contributed by atoms with Crippen molar-refractivity contribution in [3.8, 4) is 0 Å². The number of carbonyl (C=O) groups is 3. The smallest absolute Gasteiger partial charge is 0.238 e. The molecule has 0 spiro atoms. The fourth-order valence-corrected chi connectivity index (χ4v) is 6.65. The molecule has 6 rings (SSSR count). The first-order valence-corrected chi connectivity index (χ1v) is 11.3. The fourth-order valence-electron chi connectivity index (χ4n) is 6.14. The lowest BCUT2D eigenvalue weighted by atomic mass is 9.71. The van der Waals surface area contributed by atoms with Gasteiger partial charge < -0.3 is 4.84 Å². The van der Waals surface area contributed by atoms with Gasteiger partial charge in [0.15, 0.2) is 5.78 Å². The molecular formula is C24H18Cl2N2O4. The zero-order valence-corrected chi connectivity index (χ0v) is 18.5. The number of oxime groups is 1. The minimum absolute atomic E-state index is 0.0408. The maximum Gasteiger partial charge on any atom is 0.238 e. The van der Waals surface area contributed by atoms with Gasteiger partial charge in [-0.1, -0.05) is 34.4 Å². The summed E-state index contributed by atoms with van der Waals surface area (Å²) >= 11 is 12.5. The third-order valence-corrected chi connectivity index (χ3v) is 7.98. The summed E-state index contributed by atoms with van der Waals surface area (Å²) < 4.78 is 0. The number of anilines is 1. The van der Waals surface area contributed by atoms with Crippen LogP contribution in [-0.2, 0) is 14.4 Å². The molecule has 8 heteroatoms. The molecule has 6 atom stereocenters. The number of Topliss-reactive ketones (excluding diaryl/α,β-unsaturated/α-hetero) is 1. The van der Waals surface area contributed by atoms with Crippen molar-refractivity contribution in [3.05, 3.63) is 63.6 Å². The predicted octanol–water partition coefficient (Wildman–Crippen LogP) is 4.37. The molecule has 0 aromatic heterocycles. The molecule has 1 saturated heterocycles. The minimum atomic E-state index is -0.406. The van der Waals surface area contributed by atoms with E-state index in [4.69, 9.17) is 28.0 Å². The molecule has 2 heterocycles. The highest BCUT2D eigenvalue weighted by Gasteiger charge is 2.70. The van der Waals surface area contributed by atoms with Crippen LogP contribution in [0, 0.1) is 29.6 Å². The van der Waals surface area contributed by atoms with Gasteiger partial charge in [0.05, 0.1) is 28.3 Å². The molecule has 3 fully saturated rings. The van der Waals surface area contributed by atoms with Gasteiger partial charge in [0.2, 0.25) is 11.8 Å². The van der Waals surface area contributed by atoms with E-state index in [9.17, 15) is 14.4 Å². The number of imide groups is 1. The van der Waals surface area contributed by atoms with Gasteiger partial charge in [-0.15, -0.1) is 0 Å². The summed E-state index contributed by atoms with van der Waals surface area (Å²) in [5.74, 6) is -1.45. The Bertz CT molecular complexity index is 1230. The molecular weight excluding hydrogens is 451 g/mol. The molecule has 6 nitrogen and oxygen atoms in total. The van der Waals surface area contributed by atoms with Crippen LogP contribution in [0.25, 0.3) is 0 Å². The Morgan fingerprint density at radius 1 is 1.00 bits per heavy atom. The van der Waals surface area contributed by atoms with Crippen LogP contribution in [0.2, 0.25) is 10.0 Å². The van der Waals surface area contributed by atoms with Gasteiger partial charge in [0.1, 0.15) is 6.10 Å². The van der Waals surface area contributed by atoms with Crippen LogP contribution in [0.4, 0.5) is 5.69 Å². The van der Waals surface area contributed by atoms with Crippen molar-refractivity contribution >= 4 is 52.2 Å². The van der Waals surface area contributed by atoms with E-state index in [1.807, 2.05) is 6.07 Å². The monoisotopic (exact) mass is 468 g/mol. The fraction of sp³-hybridized carbons (Fsp3) is 0.333. The minimum Gasteiger partial charge on any atom is -0.391 e. The molecule has 2 amide bonds. The second kappa shape index (κ2) is 6.90. The second-order valence-electron chi connectivity index (χ2n) is 8.93. The van der Waals surface area contributed by atoms with E-state index in [1.165, 1.54) is 11.8 Å². The van der Waals surface area contributed by atoms with E-state index in [-0.39, 0.29) is 41.5 Å². The van der Waals surface area contributed by atoms with Crippen molar-refractivity contribution in [1.29, 1.82) is 0 Å². The molecule has 4 aliphatic rings. The van der Waals surface area contributed by atoms with Gasteiger partial charge in [-0.25, -0.2) is 0 Å². The van der Waals surface area contributed by atoms with Gasteiger partial charge >= 0.3 is 0 Å². The second-order valence-corrected chi connectivity index (χ2v) is 9.77. The number of ketones is 1. The van der Waals surface area contributed by atoms with Crippen molar-refractivity contribution < 1.29 is 19.2 Å². The van der Waals surface area contributed by atoms with Crippen LogP contribution in [0.15, 0.2) is 47.6 Å². The molecule has 0 unspecified atom stereocenters. The summed E-state index contributed by atoms with van der Waals surface area (Å²) in [5.41, 5.74) is 2.52. The number of hydrogen-bond acceptors (Lipinski definition) is 5. The lowest BCUT2D eigenvalue weighted by molar-refractivity contribution is -0.125. The summed E-state index contributed by atoms with van der Waals surface area (Å²) in [6, 6.07) is 11.9. The van der Waals surface area contributed by atoms with Gasteiger partial charge in [-0.05, 0) is 55.7 Å². The Hall–Kier alpha value is -2.70. The van der Waals surface area contributed by atoms with Crippen LogP contribution in [0.3, 0.4) is 0 Å². The van der Waals surface area contributed by atoms with Crippen molar-refractivity contribution in [3.63, 3.8) is 0 Å². The van der Waals surface area contributed by atoms with Gasteiger partial charge in [0, 0.05) is 28.0 Å². The first-order valence-electron chi connectivity index (χ1n) is 10.5. The average molecular weight is 469 g/mol. The van der Waals surface area contributed by atoms with Crippen LogP contribution in [-0.4, -0.2) is 29.4 Å². The first kappa shape index (κ1) is 19.9. The van der Waals surface area contributed by atoms with Gasteiger partial charge in [-0.2, -0.15) is 0 Å². The van der Waals surface area contributed by atoms with E-state index in [0.29, 0.717) is 21.3 Å². The molecule has 0 radical (unpaired) electrons. The van der Waals surface area contributed by atoms with Gasteiger partial charge in [0.25, 0.3) is 0 Å². The predicted molar refractivity (Wildman–Crippen MR) is 119 cm³/mol. The molecule has 162 valence electrons. The quantitative estimate of drug-likeness (QED) is 0.494. The normalized spacial score (nSPS) is 32.1. The van der Waals surface area contributed by atoms with Crippen LogP contribution >= 0.6 is 23.2 Å². The van der Waals surface area contributed by atoms with Crippen molar-refractivity contribution in [2.24, 2.45) is 34.7 Å². The highest BCUT2D eigenvalue weighted by molar-refractivity contribution is 6.37. The zero-order chi connectivity index (χ0) is 22.3. The summed E-state index contributed by atoms with van der Waals surface area (Å²) in [4.78, 5) is 45.5. The van der Waals surface area contributed by atoms with Gasteiger partial charge in [-0.3, -0.25) is 19.3 Å². The Kier molecular flexibility index (Phi) is 4.30. The van der Waals surface area contributed by atoms with E-state index in [1.54, 1.807) is 36.4 Å². The summed E-state index contributed by atoms with van der Waals surface area (Å²) in [6.07, 6.45) is 0.517. The number of amides is 2. The highest BCUT2D eigenvalue weighted by Crippen LogP contribution is 2.62. The van der Waals surface area contributed by atoms with Crippen molar-refractivity contribution in [2.45, 2.75) is 19.4 Å². The van der Waals surface area contributed by atoms with Crippen molar-refractivity contribution in [2.75, 3.05) is 4.90 Å². The third-order valence-electron chi connectivity index (χ3n) is 7.43. The lowest BCUT2D eigenvalue weighted by Crippen LogP contribution is -2.41. The Balaban J connectivity index is 1.33. The van der Waals surface area contributed by atoms with E-state index < -0.39 is 11.8 Å². The maximum atomic E-state index is 13.5. The molecule has 2 saturated carbocycles. The van der Waals surface area contributed by atoms with Crippen LogP contribution in [0.1, 0.15) is 29.3 Å². The average Bonchev–Trinajstić information content (AvgIpc) is 3.49. The topological polar surface area (TPSA) is 76.0 Å². The van der Waals surface area contributed by atoms with Crippen LogP contribution in [0.5, 0.6) is 0 Å². The summed E-state index contributed by atoms with van der Waals surface area (Å²) in [7, 11) is 0. The summed E-state index contributed by atoms with van der Waals surface area (Å²) in [6.45, 7) is 1.48. The number of benzene rings is 2. The van der Waals surface area contributed by atoms with Crippen LogP contribution < -0.4 is 4.90 Å². The molecule has 2 bridgehead atoms. The van der Waals surface area contributed by atoms with E-state index in [2.05, 4.69) is 5.16 Å². The number of fused-ring (bicyclic) bond motifs is 8. The van der Waals surface area contributed by atoms with E-state index in [0.717, 1.165) is 17.7 Å². The first-order chi connectivity index (χ1) is 15.4. The number of nitrogens with zero attached hydrogens (tertiary/aromatic N) is 2. The Morgan fingerprint density at radius 3 is 2.34 bits per heavy atom. The largest absolute Gasteiger partial charge is 0.391 e. The number of halogens is 2. The Morgan fingerprint density at radius 2 is 1.69 bits per heavy atom. The van der Waals surface area contributed by atoms with E-state index >= 15 is 0 Å². The zero-order valence-electron chi connectivity index (χ0n) is 17.0. The molecule has 2 aliphatic carbocycles.